The van der Waals surface area contributed by atoms with Crippen LogP contribution in [0.1, 0.15) is 5.56 Å². The molecule has 0 radical (unpaired) electrons. The predicted octanol–water partition coefficient (Wildman–Crippen LogP) is 1.99. The molecule has 3 heteroatoms. The van der Waals surface area contributed by atoms with Crippen molar-refractivity contribution in [2.24, 2.45) is 0 Å². The van der Waals surface area contributed by atoms with Crippen LogP contribution in [0.4, 0.5) is 0 Å². The molecule has 0 aliphatic rings. The summed E-state index contributed by atoms with van der Waals surface area (Å²) < 4.78 is 4.91. The van der Waals surface area contributed by atoms with Crippen LogP contribution in [0.25, 0.3) is 0 Å². The molecule has 0 bridgehead atoms. The number of benzene rings is 1. The van der Waals surface area contributed by atoms with Gasteiger partial charge in [-0.15, -0.1) is 12.4 Å². The first-order chi connectivity index (χ1) is 4.88. The molecule has 0 saturated carbocycles. The molecule has 0 aliphatic heterocycles. The number of para-hydroxylation sites is 1. The van der Waals surface area contributed by atoms with Crippen molar-refractivity contribution in [3.63, 3.8) is 0 Å². The average molecular weight is 170 g/mol. The van der Waals surface area contributed by atoms with Crippen molar-refractivity contribution in [2.75, 3.05) is 7.11 Å². The van der Waals surface area contributed by atoms with Crippen molar-refractivity contribution in [2.45, 2.75) is 0 Å². The lowest BCUT2D eigenvalue weighted by Gasteiger charge is -1.98. The first-order valence-electron chi connectivity index (χ1n) is 2.91. The van der Waals surface area contributed by atoms with E-state index < -0.39 is 0 Å². The number of nitriles is 1. The van der Waals surface area contributed by atoms with E-state index in [0.29, 0.717) is 11.3 Å². The summed E-state index contributed by atoms with van der Waals surface area (Å²) in [5.41, 5.74) is 0.574. The number of halogens is 1. The van der Waals surface area contributed by atoms with Gasteiger partial charge in [-0.25, -0.2) is 0 Å². The van der Waals surface area contributed by atoms with Crippen molar-refractivity contribution in [3.05, 3.63) is 29.8 Å². The Balaban J connectivity index is 0.000001000. The second kappa shape index (κ2) is 4.59. The Morgan fingerprint density at radius 2 is 2.00 bits per heavy atom. The molecule has 1 rings (SSSR count). The van der Waals surface area contributed by atoms with E-state index in [2.05, 4.69) is 0 Å². The van der Waals surface area contributed by atoms with Gasteiger partial charge in [-0.3, -0.25) is 0 Å². The predicted molar refractivity (Wildman–Crippen MR) is 45.0 cm³/mol. The van der Waals surface area contributed by atoms with Gasteiger partial charge in [0, 0.05) is 0 Å². The minimum absolute atomic E-state index is 0. The molecule has 0 atom stereocenters. The smallest absolute Gasteiger partial charge is 0.136 e. The van der Waals surface area contributed by atoms with Gasteiger partial charge in [0.15, 0.2) is 0 Å². The third kappa shape index (κ3) is 2.14. The molecule has 58 valence electrons. The van der Waals surface area contributed by atoms with Crippen LogP contribution in [-0.2, 0) is 0 Å². The normalized spacial score (nSPS) is 7.64. The number of hydrogen-bond acceptors (Lipinski definition) is 2. The van der Waals surface area contributed by atoms with Crippen LogP contribution in [0, 0.1) is 11.3 Å². The topological polar surface area (TPSA) is 33.0 Å². The van der Waals surface area contributed by atoms with Gasteiger partial charge in [0.05, 0.1) is 12.7 Å². The monoisotopic (exact) mass is 169 g/mol. The fraction of sp³-hybridized carbons (Fsp3) is 0.125. The van der Waals surface area contributed by atoms with E-state index >= 15 is 0 Å². The van der Waals surface area contributed by atoms with Gasteiger partial charge >= 0.3 is 0 Å². The van der Waals surface area contributed by atoms with E-state index in [1.807, 2.05) is 12.1 Å². The molecular formula is C8H8ClNO. The minimum Gasteiger partial charge on any atom is -0.495 e. The largest absolute Gasteiger partial charge is 0.495 e. The quantitative estimate of drug-likeness (QED) is 0.644. The summed E-state index contributed by atoms with van der Waals surface area (Å²) in [6.07, 6.45) is 0. The van der Waals surface area contributed by atoms with E-state index in [4.69, 9.17) is 10.00 Å². The Morgan fingerprint density at radius 3 is 2.45 bits per heavy atom. The number of ether oxygens (including phenoxy) is 1. The molecule has 2 nitrogen and oxygen atoms in total. The summed E-state index contributed by atoms with van der Waals surface area (Å²) in [6, 6.07) is 9.14. The maximum atomic E-state index is 8.52. The summed E-state index contributed by atoms with van der Waals surface area (Å²) in [5, 5.41) is 8.52. The third-order valence-electron chi connectivity index (χ3n) is 1.23. The first kappa shape index (κ1) is 9.80. The molecule has 0 saturated heterocycles. The summed E-state index contributed by atoms with van der Waals surface area (Å²) >= 11 is 0. The number of rotatable bonds is 1. The van der Waals surface area contributed by atoms with Crippen LogP contribution in [-0.4, -0.2) is 7.11 Å². The fourth-order valence-corrected chi connectivity index (χ4v) is 0.737. The molecule has 0 N–H and O–H groups in total. The molecule has 0 aliphatic carbocycles. The van der Waals surface area contributed by atoms with Crippen LogP contribution in [0.5, 0.6) is 5.75 Å². The Labute approximate surface area is 71.8 Å². The van der Waals surface area contributed by atoms with Gasteiger partial charge in [-0.1, -0.05) is 12.1 Å². The highest BCUT2D eigenvalue weighted by molar-refractivity contribution is 5.85. The summed E-state index contributed by atoms with van der Waals surface area (Å²) in [7, 11) is 1.55. The average Bonchev–Trinajstić information content (AvgIpc) is 2.04. The second-order valence-electron chi connectivity index (χ2n) is 1.81. The van der Waals surface area contributed by atoms with E-state index in [9.17, 15) is 0 Å². The maximum Gasteiger partial charge on any atom is 0.136 e. The third-order valence-corrected chi connectivity index (χ3v) is 1.23. The Kier molecular flexibility index (Phi) is 4.09. The standard InChI is InChI=1S/C8H7NO.ClH/c1-10-8-5-3-2-4-7(8)6-9;/h2-5H,1H3;1H. The van der Waals surface area contributed by atoms with Crippen molar-refractivity contribution in [1.82, 2.24) is 0 Å². The zero-order chi connectivity index (χ0) is 7.40. The molecule has 0 heterocycles. The molecule has 0 unspecified atom stereocenters. The molecule has 11 heavy (non-hydrogen) atoms. The van der Waals surface area contributed by atoms with Gasteiger partial charge in [0.1, 0.15) is 11.8 Å². The van der Waals surface area contributed by atoms with Crippen LogP contribution in [0.2, 0.25) is 0 Å². The molecule has 0 amide bonds. The Bertz CT molecular complexity index is 267. The molecule has 0 aromatic heterocycles. The highest BCUT2D eigenvalue weighted by Gasteiger charge is 1.96. The van der Waals surface area contributed by atoms with E-state index in [0.717, 1.165) is 0 Å². The fourth-order valence-electron chi connectivity index (χ4n) is 0.737. The number of methoxy groups -OCH3 is 1. The van der Waals surface area contributed by atoms with E-state index in [-0.39, 0.29) is 12.4 Å². The van der Waals surface area contributed by atoms with Crippen LogP contribution < -0.4 is 4.74 Å². The molecule has 1 aromatic rings. The summed E-state index contributed by atoms with van der Waals surface area (Å²) in [6.45, 7) is 0. The molecule has 0 spiro atoms. The van der Waals surface area contributed by atoms with Crippen LogP contribution >= 0.6 is 12.4 Å². The van der Waals surface area contributed by atoms with Crippen LogP contribution in [0.15, 0.2) is 24.3 Å². The highest BCUT2D eigenvalue weighted by atomic mass is 35.5. The van der Waals surface area contributed by atoms with Crippen molar-refractivity contribution in [3.8, 4) is 11.8 Å². The highest BCUT2D eigenvalue weighted by Crippen LogP contribution is 2.14. The maximum absolute atomic E-state index is 8.52. The van der Waals surface area contributed by atoms with Crippen molar-refractivity contribution in [1.29, 1.82) is 5.26 Å². The van der Waals surface area contributed by atoms with Gasteiger partial charge < -0.3 is 4.74 Å². The SMILES string of the molecule is COc1ccccc1C#N.Cl. The van der Waals surface area contributed by atoms with E-state index in [1.165, 1.54) is 0 Å². The zero-order valence-electron chi connectivity index (χ0n) is 6.07. The minimum atomic E-state index is 0. The van der Waals surface area contributed by atoms with Crippen molar-refractivity contribution >= 4 is 12.4 Å². The molecule has 0 fully saturated rings. The second-order valence-corrected chi connectivity index (χ2v) is 1.81. The lowest BCUT2D eigenvalue weighted by atomic mass is 10.2. The Hall–Kier alpha value is -1.20. The number of hydrogen-bond donors (Lipinski definition) is 0. The van der Waals surface area contributed by atoms with Crippen LogP contribution in [0.3, 0.4) is 0 Å². The number of nitrogens with zero attached hydrogens (tertiary/aromatic N) is 1. The van der Waals surface area contributed by atoms with E-state index in [1.54, 1.807) is 25.3 Å². The summed E-state index contributed by atoms with van der Waals surface area (Å²) in [5.74, 6) is 0.630. The van der Waals surface area contributed by atoms with Gasteiger partial charge in [0.2, 0.25) is 0 Å². The van der Waals surface area contributed by atoms with Crippen molar-refractivity contribution < 1.29 is 4.74 Å². The first-order valence-corrected chi connectivity index (χ1v) is 2.91. The summed E-state index contributed by atoms with van der Waals surface area (Å²) in [4.78, 5) is 0. The Morgan fingerprint density at radius 1 is 1.36 bits per heavy atom. The zero-order valence-corrected chi connectivity index (χ0v) is 6.89. The molecule has 1 aromatic carbocycles. The lowest BCUT2D eigenvalue weighted by molar-refractivity contribution is 0.413. The van der Waals surface area contributed by atoms with Gasteiger partial charge in [-0.2, -0.15) is 5.26 Å². The van der Waals surface area contributed by atoms with Gasteiger partial charge in [0.25, 0.3) is 0 Å². The molecular weight excluding hydrogens is 162 g/mol. The lowest BCUT2D eigenvalue weighted by Crippen LogP contribution is -1.85. The van der Waals surface area contributed by atoms with Gasteiger partial charge in [-0.05, 0) is 12.1 Å².